The lowest BCUT2D eigenvalue weighted by molar-refractivity contribution is -0.108. The molecule has 0 spiro atoms. The second-order valence-electron chi connectivity index (χ2n) is 2.92. The number of rotatable bonds is 5. The highest BCUT2D eigenvalue weighted by molar-refractivity contribution is 5.52. The van der Waals surface area contributed by atoms with Gasteiger partial charge in [-0.05, 0) is 12.1 Å². The Kier molecular flexibility index (Phi) is 3.75. The van der Waals surface area contributed by atoms with E-state index in [1.807, 2.05) is 29.1 Å². The van der Waals surface area contributed by atoms with E-state index in [-0.39, 0.29) is 6.54 Å². The minimum Gasteiger partial charge on any atom is -0.399 e. The maximum Gasteiger partial charge on any atom is 0.140 e. The zero-order valence-corrected chi connectivity index (χ0v) is 7.84. The van der Waals surface area contributed by atoms with Gasteiger partial charge in [-0.2, -0.15) is 0 Å². The number of carbonyl (C=O) groups excluding carboxylic acids is 1. The van der Waals surface area contributed by atoms with Crippen LogP contribution in [-0.2, 0) is 11.3 Å². The molecular weight excluding hydrogens is 180 g/mol. The third kappa shape index (κ3) is 3.32. The minimum absolute atomic E-state index is 0.145. The summed E-state index contributed by atoms with van der Waals surface area (Å²) in [5.41, 5.74) is 6.30. The Hall–Kier alpha value is -1.75. The molecule has 4 N–H and O–H groups in total. The number of aromatic nitrogens is 1. The molecule has 0 radical (unpaired) electrons. The Bertz CT molecular complexity index is 305. The van der Waals surface area contributed by atoms with Crippen molar-refractivity contribution in [1.82, 2.24) is 9.58 Å². The lowest BCUT2D eigenvalue weighted by Gasteiger charge is -2.11. The molecule has 0 fully saturated rings. The van der Waals surface area contributed by atoms with E-state index in [9.17, 15) is 4.79 Å². The van der Waals surface area contributed by atoms with E-state index in [1.54, 1.807) is 6.20 Å². The maximum atomic E-state index is 10.1. The number of carbonyl (C=O) groups is 1. The first kappa shape index (κ1) is 10.3. The van der Waals surface area contributed by atoms with Crippen LogP contribution in [0.1, 0.15) is 0 Å². The molecule has 0 aromatic carbocycles. The summed E-state index contributed by atoms with van der Waals surface area (Å²) < 4.78 is 1.92. The van der Waals surface area contributed by atoms with E-state index in [4.69, 9.17) is 11.6 Å². The molecule has 0 aliphatic carbocycles. The van der Waals surface area contributed by atoms with Crippen LogP contribution in [0, 0.1) is 0 Å². The van der Waals surface area contributed by atoms with Crippen LogP contribution < -0.4 is 11.6 Å². The zero-order valence-electron chi connectivity index (χ0n) is 7.84. The molecule has 1 aromatic rings. The van der Waals surface area contributed by atoms with Gasteiger partial charge in [0.05, 0.1) is 13.1 Å². The summed E-state index contributed by atoms with van der Waals surface area (Å²) in [6.07, 6.45) is 6.08. The van der Waals surface area contributed by atoms with Crippen LogP contribution in [0.5, 0.6) is 0 Å². The highest BCUT2D eigenvalue weighted by Gasteiger charge is 1.95. The molecule has 5 heteroatoms. The van der Waals surface area contributed by atoms with Crippen molar-refractivity contribution in [2.75, 3.05) is 6.54 Å². The third-order valence-corrected chi connectivity index (χ3v) is 1.65. The van der Waals surface area contributed by atoms with Crippen molar-refractivity contribution in [1.29, 1.82) is 0 Å². The van der Waals surface area contributed by atoms with Crippen molar-refractivity contribution >= 4 is 6.29 Å². The molecular formula is C9H14N4O. The van der Waals surface area contributed by atoms with Crippen molar-refractivity contribution in [3.8, 4) is 0 Å². The van der Waals surface area contributed by atoms with E-state index in [0.29, 0.717) is 12.2 Å². The summed E-state index contributed by atoms with van der Waals surface area (Å²) in [5, 5.41) is 1.26. The molecule has 0 saturated heterocycles. The van der Waals surface area contributed by atoms with Gasteiger partial charge in [0.15, 0.2) is 0 Å². The van der Waals surface area contributed by atoms with E-state index < -0.39 is 0 Å². The normalized spacial score (nSPS) is 11.4. The summed E-state index contributed by atoms with van der Waals surface area (Å²) in [5.74, 6) is 5.45. The van der Waals surface area contributed by atoms with Gasteiger partial charge in [0.1, 0.15) is 6.29 Å². The van der Waals surface area contributed by atoms with Gasteiger partial charge in [-0.25, -0.2) is 5.84 Å². The van der Waals surface area contributed by atoms with Crippen LogP contribution in [0.4, 0.5) is 0 Å². The van der Waals surface area contributed by atoms with Gasteiger partial charge in [0.2, 0.25) is 0 Å². The van der Waals surface area contributed by atoms with Crippen molar-refractivity contribution < 1.29 is 4.79 Å². The van der Waals surface area contributed by atoms with Gasteiger partial charge in [0, 0.05) is 24.3 Å². The fourth-order valence-electron chi connectivity index (χ4n) is 1.08. The largest absolute Gasteiger partial charge is 0.399 e. The molecule has 5 nitrogen and oxygen atoms in total. The van der Waals surface area contributed by atoms with Crippen LogP contribution in [-0.4, -0.2) is 22.4 Å². The number of nitrogens with zero attached hydrogens (tertiary/aromatic N) is 2. The van der Waals surface area contributed by atoms with Gasteiger partial charge >= 0.3 is 0 Å². The summed E-state index contributed by atoms with van der Waals surface area (Å²) in [4.78, 5) is 10.1. The third-order valence-electron chi connectivity index (χ3n) is 1.65. The standard InChI is InChI=1S/C9H14N4O/c10-9(8-13(11)5-6-14)7-12-3-1-2-4-12/h1-4,6,8H,5,7,10-11H2/b9-8-. The number of hydrazine groups is 1. The summed E-state index contributed by atoms with van der Waals surface area (Å²) in [6, 6.07) is 3.83. The average Bonchev–Trinajstić information content (AvgIpc) is 2.56. The molecule has 0 unspecified atom stereocenters. The van der Waals surface area contributed by atoms with Crippen LogP contribution in [0.2, 0.25) is 0 Å². The zero-order chi connectivity index (χ0) is 10.4. The lowest BCUT2D eigenvalue weighted by Crippen LogP contribution is -2.28. The Labute approximate surface area is 82.6 Å². The molecule has 76 valence electrons. The Morgan fingerprint density at radius 2 is 2.07 bits per heavy atom. The molecule has 0 aliphatic heterocycles. The molecule has 0 bridgehead atoms. The Balaban J connectivity index is 2.48. The number of hydrogen-bond donors (Lipinski definition) is 2. The predicted molar refractivity (Wildman–Crippen MR) is 53.7 cm³/mol. The van der Waals surface area contributed by atoms with E-state index >= 15 is 0 Å². The Morgan fingerprint density at radius 1 is 1.43 bits per heavy atom. The van der Waals surface area contributed by atoms with Crippen molar-refractivity contribution in [2.45, 2.75) is 6.54 Å². The maximum absolute atomic E-state index is 10.1. The molecule has 0 aliphatic rings. The summed E-state index contributed by atoms with van der Waals surface area (Å²) in [6.45, 7) is 0.714. The van der Waals surface area contributed by atoms with Crippen LogP contribution >= 0.6 is 0 Å². The second kappa shape index (κ2) is 5.08. The number of aldehydes is 1. The fourth-order valence-corrected chi connectivity index (χ4v) is 1.08. The number of nitrogens with two attached hydrogens (primary N) is 2. The van der Waals surface area contributed by atoms with Crippen LogP contribution in [0.25, 0.3) is 0 Å². The summed E-state index contributed by atoms with van der Waals surface area (Å²) in [7, 11) is 0. The Morgan fingerprint density at radius 3 is 2.64 bits per heavy atom. The first-order valence-electron chi connectivity index (χ1n) is 4.24. The van der Waals surface area contributed by atoms with Crippen LogP contribution in [0.15, 0.2) is 36.4 Å². The average molecular weight is 194 g/mol. The number of hydrogen-bond acceptors (Lipinski definition) is 4. The molecule has 0 amide bonds. The molecule has 1 aromatic heterocycles. The summed E-state index contributed by atoms with van der Waals surface area (Å²) >= 11 is 0. The van der Waals surface area contributed by atoms with Crippen LogP contribution in [0.3, 0.4) is 0 Å². The molecule has 1 rings (SSSR count). The monoisotopic (exact) mass is 194 g/mol. The van der Waals surface area contributed by atoms with Gasteiger partial charge in [-0.1, -0.05) is 0 Å². The quantitative estimate of drug-likeness (QED) is 0.382. The first-order chi connectivity index (χ1) is 6.72. The predicted octanol–water partition coefficient (Wildman–Crippen LogP) is -0.337. The minimum atomic E-state index is 0.145. The fraction of sp³-hybridized carbons (Fsp3) is 0.222. The van der Waals surface area contributed by atoms with Gasteiger partial charge < -0.3 is 20.1 Å². The topological polar surface area (TPSA) is 77.3 Å². The van der Waals surface area contributed by atoms with Gasteiger partial charge in [-0.15, -0.1) is 0 Å². The second-order valence-corrected chi connectivity index (χ2v) is 2.92. The van der Waals surface area contributed by atoms with Crippen molar-refractivity contribution in [3.63, 3.8) is 0 Å². The molecule has 0 saturated carbocycles. The highest BCUT2D eigenvalue weighted by Crippen LogP contribution is 1.95. The smallest absolute Gasteiger partial charge is 0.140 e. The lowest BCUT2D eigenvalue weighted by atomic mass is 10.4. The first-order valence-corrected chi connectivity index (χ1v) is 4.24. The highest BCUT2D eigenvalue weighted by atomic mass is 16.1. The molecule has 1 heterocycles. The van der Waals surface area contributed by atoms with Crippen molar-refractivity contribution in [2.24, 2.45) is 11.6 Å². The van der Waals surface area contributed by atoms with E-state index in [1.165, 1.54) is 5.01 Å². The van der Waals surface area contributed by atoms with E-state index in [2.05, 4.69) is 0 Å². The van der Waals surface area contributed by atoms with Crippen molar-refractivity contribution in [3.05, 3.63) is 36.4 Å². The SMILES string of the molecule is N/C(=C\N(N)CC=O)Cn1cccc1. The molecule has 0 atom stereocenters. The van der Waals surface area contributed by atoms with Gasteiger partial charge in [-0.3, -0.25) is 0 Å². The van der Waals surface area contributed by atoms with Gasteiger partial charge in [0.25, 0.3) is 0 Å². The molecule has 14 heavy (non-hydrogen) atoms. The van der Waals surface area contributed by atoms with E-state index in [0.717, 1.165) is 6.29 Å². The number of allylic oxidation sites excluding steroid dienone is 1.